The maximum absolute atomic E-state index is 14.0. The summed E-state index contributed by atoms with van der Waals surface area (Å²) in [5.74, 6) is -1.76. The third kappa shape index (κ3) is 4.43. The lowest BCUT2D eigenvalue weighted by molar-refractivity contribution is -0.123. The average molecular weight is 482 g/mol. The molecule has 2 heterocycles. The van der Waals surface area contributed by atoms with Crippen LogP contribution >= 0.6 is 11.6 Å². The SMILES string of the molecule is C[C@H]1Oc2ccc(S(=O)(=O)N3CCC[C@H](C(=O)Nc4ccc(Cl)cc4F)C3)cc2NC1=O. The van der Waals surface area contributed by atoms with E-state index in [0.717, 1.165) is 6.07 Å². The zero-order valence-electron chi connectivity index (χ0n) is 17.1. The Hall–Kier alpha value is -2.69. The van der Waals surface area contributed by atoms with Crippen LogP contribution in [0.5, 0.6) is 5.75 Å². The Bertz CT molecular complexity index is 1190. The number of fused-ring (bicyclic) bond motifs is 1. The maximum atomic E-state index is 14.0. The number of nitrogens with zero attached hydrogens (tertiary/aromatic N) is 1. The van der Waals surface area contributed by atoms with E-state index in [4.69, 9.17) is 16.3 Å². The Balaban J connectivity index is 1.50. The second-order valence-electron chi connectivity index (χ2n) is 7.72. The quantitative estimate of drug-likeness (QED) is 0.697. The molecule has 0 radical (unpaired) electrons. The standard InChI is InChI=1S/C21H21ClFN3O5S/c1-12-20(27)25-18-10-15(5-7-19(18)31-12)32(29,30)26-8-2-3-13(11-26)21(28)24-17-6-4-14(22)9-16(17)23/h4-7,9-10,12-13H,2-3,8,11H2,1H3,(H,24,28)(H,25,27)/t12-,13+/m1/s1. The number of carbonyl (C=O) groups is 2. The van der Waals surface area contributed by atoms with Gasteiger partial charge < -0.3 is 15.4 Å². The molecule has 2 aliphatic rings. The first-order valence-electron chi connectivity index (χ1n) is 10.0. The summed E-state index contributed by atoms with van der Waals surface area (Å²) in [5, 5.41) is 5.35. The molecule has 2 aromatic carbocycles. The lowest BCUT2D eigenvalue weighted by atomic mass is 9.98. The largest absolute Gasteiger partial charge is 0.479 e. The van der Waals surface area contributed by atoms with Crippen LogP contribution in [0.15, 0.2) is 41.3 Å². The van der Waals surface area contributed by atoms with E-state index >= 15 is 0 Å². The lowest BCUT2D eigenvalue weighted by Crippen LogP contribution is -2.43. The monoisotopic (exact) mass is 481 g/mol. The maximum Gasteiger partial charge on any atom is 0.265 e. The minimum atomic E-state index is -3.92. The number of benzene rings is 2. The molecule has 2 aliphatic heterocycles. The van der Waals surface area contributed by atoms with Gasteiger partial charge in [-0.05, 0) is 56.2 Å². The molecule has 0 saturated carbocycles. The third-order valence-electron chi connectivity index (χ3n) is 5.46. The Morgan fingerprint density at radius 2 is 2.06 bits per heavy atom. The molecule has 1 fully saturated rings. The first kappa shape index (κ1) is 22.5. The van der Waals surface area contributed by atoms with Crippen molar-refractivity contribution in [1.82, 2.24) is 4.31 Å². The number of ether oxygens (including phenoxy) is 1. The molecule has 0 aliphatic carbocycles. The van der Waals surface area contributed by atoms with Gasteiger partial charge in [0.1, 0.15) is 11.6 Å². The van der Waals surface area contributed by atoms with Crippen LogP contribution in [0.3, 0.4) is 0 Å². The molecule has 2 atom stereocenters. The molecule has 0 unspecified atom stereocenters. The summed E-state index contributed by atoms with van der Waals surface area (Å²) < 4.78 is 47.1. The van der Waals surface area contributed by atoms with Crippen molar-refractivity contribution in [1.29, 1.82) is 0 Å². The van der Waals surface area contributed by atoms with Gasteiger partial charge in [0.05, 0.1) is 22.2 Å². The number of piperidine rings is 1. The summed E-state index contributed by atoms with van der Waals surface area (Å²) in [5.41, 5.74) is 0.262. The highest BCUT2D eigenvalue weighted by molar-refractivity contribution is 7.89. The van der Waals surface area contributed by atoms with E-state index < -0.39 is 33.8 Å². The van der Waals surface area contributed by atoms with Gasteiger partial charge in [-0.1, -0.05) is 11.6 Å². The number of hydrogen-bond acceptors (Lipinski definition) is 5. The highest BCUT2D eigenvalue weighted by atomic mass is 35.5. The van der Waals surface area contributed by atoms with Crippen LogP contribution in [0.4, 0.5) is 15.8 Å². The number of nitrogens with one attached hydrogen (secondary N) is 2. The van der Waals surface area contributed by atoms with Crippen LogP contribution in [0.2, 0.25) is 5.02 Å². The highest BCUT2D eigenvalue weighted by Crippen LogP contribution is 2.34. The zero-order valence-corrected chi connectivity index (χ0v) is 18.7. The number of amides is 2. The average Bonchev–Trinajstić information content (AvgIpc) is 2.76. The van der Waals surface area contributed by atoms with Crippen molar-refractivity contribution >= 4 is 44.8 Å². The van der Waals surface area contributed by atoms with E-state index in [1.807, 2.05) is 0 Å². The molecule has 2 amide bonds. The predicted octanol–water partition coefficient (Wildman–Crippen LogP) is 3.24. The molecule has 0 spiro atoms. The summed E-state index contributed by atoms with van der Waals surface area (Å²) in [6, 6.07) is 8.16. The van der Waals surface area contributed by atoms with E-state index in [1.54, 1.807) is 6.92 Å². The van der Waals surface area contributed by atoms with E-state index in [-0.39, 0.29) is 40.3 Å². The fourth-order valence-electron chi connectivity index (χ4n) is 3.70. The number of anilines is 2. The summed E-state index contributed by atoms with van der Waals surface area (Å²) in [6.45, 7) is 1.80. The third-order valence-corrected chi connectivity index (χ3v) is 7.56. The summed E-state index contributed by atoms with van der Waals surface area (Å²) >= 11 is 5.73. The topological polar surface area (TPSA) is 105 Å². The van der Waals surface area contributed by atoms with Crippen molar-refractivity contribution in [2.45, 2.75) is 30.8 Å². The Morgan fingerprint density at radius 3 is 2.81 bits per heavy atom. The number of carbonyl (C=O) groups excluding carboxylic acids is 2. The number of halogens is 2. The summed E-state index contributed by atoms with van der Waals surface area (Å²) in [6.07, 6.45) is 0.277. The second kappa shape index (κ2) is 8.68. The van der Waals surface area contributed by atoms with Gasteiger partial charge in [0.25, 0.3) is 5.91 Å². The minimum absolute atomic E-state index is 0.0143. The summed E-state index contributed by atoms with van der Waals surface area (Å²) in [4.78, 5) is 24.5. The Morgan fingerprint density at radius 1 is 1.28 bits per heavy atom. The molecule has 0 bridgehead atoms. The summed E-state index contributed by atoms with van der Waals surface area (Å²) in [7, 11) is -3.92. The van der Waals surface area contributed by atoms with Crippen molar-refractivity contribution in [2.75, 3.05) is 23.7 Å². The molecule has 0 aromatic heterocycles. The van der Waals surface area contributed by atoms with Gasteiger partial charge in [-0.3, -0.25) is 9.59 Å². The van der Waals surface area contributed by atoms with Crippen LogP contribution in [0, 0.1) is 11.7 Å². The normalized spacial score (nSPS) is 21.3. The van der Waals surface area contributed by atoms with Crippen molar-refractivity contribution < 1.29 is 27.1 Å². The molecular weight excluding hydrogens is 461 g/mol. The molecule has 8 nitrogen and oxygen atoms in total. The van der Waals surface area contributed by atoms with Crippen LogP contribution in [-0.2, 0) is 19.6 Å². The van der Waals surface area contributed by atoms with Crippen molar-refractivity contribution in [3.63, 3.8) is 0 Å². The molecule has 2 N–H and O–H groups in total. The molecule has 11 heteroatoms. The molecule has 170 valence electrons. The first-order valence-corrected chi connectivity index (χ1v) is 11.8. The van der Waals surface area contributed by atoms with Crippen LogP contribution in [0.25, 0.3) is 0 Å². The van der Waals surface area contributed by atoms with Crippen LogP contribution in [0.1, 0.15) is 19.8 Å². The number of rotatable bonds is 4. The van der Waals surface area contributed by atoms with Crippen molar-refractivity contribution in [2.24, 2.45) is 5.92 Å². The minimum Gasteiger partial charge on any atom is -0.479 e. The van der Waals surface area contributed by atoms with Crippen molar-refractivity contribution in [3.05, 3.63) is 47.2 Å². The van der Waals surface area contributed by atoms with Gasteiger partial charge in [-0.15, -0.1) is 0 Å². The van der Waals surface area contributed by atoms with Crippen LogP contribution in [-0.4, -0.2) is 43.7 Å². The molecule has 1 saturated heterocycles. The Labute approximate surface area is 189 Å². The number of hydrogen-bond donors (Lipinski definition) is 2. The van der Waals surface area contributed by atoms with E-state index in [1.165, 1.54) is 34.6 Å². The van der Waals surface area contributed by atoms with E-state index in [2.05, 4.69) is 10.6 Å². The highest BCUT2D eigenvalue weighted by Gasteiger charge is 2.34. The van der Waals surface area contributed by atoms with Crippen LogP contribution < -0.4 is 15.4 Å². The molecule has 2 aromatic rings. The van der Waals surface area contributed by atoms with Crippen molar-refractivity contribution in [3.8, 4) is 5.75 Å². The van der Waals surface area contributed by atoms with E-state index in [0.29, 0.717) is 18.6 Å². The smallest absolute Gasteiger partial charge is 0.265 e. The van der Waals surface area contributed by atoms with Gasteiger partial charge >= 0.3 is 0 Å². The number of sulfonamides is 1. The Kier molecular flexibility index (Phi) is 6.11. The van der Waals surface area contributed by atoms with Gasteiger partial charge in [0.2, 0.25) is 15.9 Å². The fraction of sp³-hybridized carbons (Fsp3) is 0.333. The van der Waals surface area contributed by atoms with Gasteiger partial charge in [0.15, 0.2) is 6.10 Å². The molecule has 32 heavy (non-hydrogen) atoms. The fourth-order valence-corrected chi connectivity index (χ4v) is 5.41. The molecule has 4 rings (SSSR count). The van der Waals surface area contributed by atoms with Gasteiger partial charge in [-0.2, -0.15) is 4.31 Å². The van der Waals surface area contributed by atoms with Gasteiger partial charge in [0, 0.05) is 18.1 Å². The zero-order chi connectivity index (χ0) is 23.0. The molecular formula is C21H21ClFN3O5S. The van der Waals surface area contributed by atoms with Gasteiger partial charge in [-0.25, -0.2) is 12.8 Å². The lowest BCUT2D eigenvalue weighted by Gasteiger charge is -2.31. The first-order chi connectivity index (χ1) is 15.1. The van der Waals surface area contributed by atoms with E-state index in [9.17, 15) is 22.4 Å². The predicted molar refractivity (Wildman–Crippen MR) is 117 cm³/mol. The second-order valence-corrected chi connectivity index (χ2v) is 10.1.